The fraction of sp³-hybridized carbons (Fsp3) is 0.500. The highest BCUT2D eigenvalue weighted by molar-refractivity contribution is 6.39. The van der Waals surface area contributed by atoms with Gasteiger partial charge in [-0.2, -0.15) is 5.10 Å². The molecular weight excluding hydrogens is 194 g/mol. The van der Waals surface area contributed by atoms with E-state index in [4.69, 9.17) is 6.42 Å². The van der Waals surface area contributed by atoms with Gasteiger partial charge in [0.1, 0.15) is 5.71 Å². The van der Waals surface area contributed by atoms with Gasteiger partial charge in [0.25, 0.3) is 5.91 Å². The Kier molecular flexibility index (Phi) is 3.86. The van der Waals surface area contributed by atoms with Crippen molar-refractivity contribution < 1.29 is 9.59 Å². The van der Waals surface area contributed by atoms with E-state index >= 15 is 0 Å². The van der Waals surface area contributed by atoms with E-state index in [1.165, 1.54) is 0 Å². The Morgan fingerprint density at radius 1 is 1.73 bits per heavy atom. The summed E-state index contributed by atoms with van der Waals surface area (Å²) in [4.78, 5) is 22.3. The minimum absolute atomic E-state index is 0.171. The van der Waals surface area contributed by atoms with Crippen molar-refractivity contribution in [1.29, 1.82) is 0 Å². The van der Waals surface area contributed by atoms with E-state index in [9.17, 15) is 9.59 Å². The number of hydrazone groups is 1. The first-order valence-corrected chi connectivity index (χ1v) is 4.79. The molecule has 1 unspecified atom stereocenters. The summed E-state index contributed by atoms with van der Waals surface area (Å²) >= 11 is 0. The molecule has 0 aliphatic carbocycles. The van der Waals surface area contributed by atoms with Crippen molar-refractivity contribution in [3.05, 3.63) is 0 Å². The zero-order valence-electron chi connectivity index (χ0n) is 8.54. The lowest BCUT2D eigenvalue weighted by molar-refractivity contribution is -0.121. The largest absolute Gasteiger partial charge is 0.337 e. The number of carbonyl (C=O) groups is 2. The Morgan fingerprint density at radius 2 is 2.47 bits per heavy atom. The van der Waals surface area contributed by atoms with Crippen LogP contribution in [0.25, 0.3) is 0 Å². The van der Waals surface area contributed by atoms with Crippen LogP contribution in [0.2, 0.25) is 0 Å². The zero-order valence-corrected chi connectivity index (χ0v) is 8.54. The highest BCUT2D eigenvalue weighted by Gasteiger charge is 2.19. The summed E-state index contributed by atoms with van der Waals surface area (Å²) < 4.78 is 0. The molecule has 1 heterocycles. The van der Waals surface area contributed by atoms with Gasteiger partial charge in [0, 0.05) is 12.8 Å². The highest BCUT2D eigenvalue weighted by atomic mass is 16.2. The minimum Gasteiger partial charge on any atom is -0.337 e. The molecule has 0 aromatic heterocycles. The van der Waals surface area contributed by atoms with E-state index in [0.717, 1.165) is 0 Å². The average Bonchev–Trinajstić information content (AvgIpc) is 2.26. The van der Waals surface area contributed by atoms with Gasteiger partial charge < -0.3 is 5.32 Å². The summed E-state index contributed by atoms with van der Waals surface area (Å²) in [6, 6.07) is -0.280. The summed E-state index contributed by atoms with van der Waals surface area (Å²) in [5.74, 6) is 1.98. The summed E-state index contributed by atoms with van der Waals surface area (Å²) in [6.07, 6.45) is 6.53. The third-order valence-corrected chi connectivity index (χ3v) is 2.08. The SMILES string of the molecule is C#CC(CC)NC(=O)C1=NNC(=O)CC1. The van der Waals surface area contributed by atoms with Crippen LogP contribution in [0.15, 0.2) is 5.10 Å². The molecule has 1 aliphatic rings. The molecule has 0 radical (unpaired) electrons. The first kappa shape index (κ1) is 11.2. The van der Waals surface area contributed by atoms with Crippen LogP contribution in [0.5, 0.6) is 0 Å². The van der Waals surface area contributed by atoms with Crippen molar-refractivity contribution in [2.24, 2.45) is 5.10 Å². The predicted molar refractivity (Wildman–Crippen MR) is 55.9 cm³/mol. The van der Waals surface area contributed by atoms with E-state index in [1.54, 1.807) is 0 Å². The van der Waals surface area contributed by atoms with Gasteiger partial charge in [-0.3, -0.25) is 9.59 Å². The molecule has 2 N–H and O–H groups in total. The van der Waals surface area contributed by atoms with Crippen LogP contribution in [-0.4, -0.2) is 23.6 Å². The molecular formula is C10H13N3O2. The Bertz CT molecular complexity index is 341. The van der Waals surface area contributed by atoms with Gasteiger partial charge in [-0.15, -0.1) is 6.42 Å². The normalized spacial score (nSPS) is 17.1. The van der Waals surface area contributed by atoms with Crippen LogP contribution < -0.4 is 10.7 Å². The molecule has 0 aromatic carbocycles. The zero-order chi connectivity index (χ0) is 11.3. The van der Waals surface area contributed by atoms with Gasteiger partial charge in [0.15, 0.2) is 0 Å². The second-order valence-electron chi connectivity index (χ2n) is 3.19. The molecule has 0 saturated heterocycles. The van der Waals surface area contributed by atoms with Crippen LogP contribution >= 0.6 is 0 Å². The highest BCUT2D eigenvalue weighted by Crippen LogP contribution is 2.00. The molecule has 2 amide bonds. The van der Waals surface area contributed by atoms with E-state index in [-0.39, 0.29) is 17.9 Å². The molecule has 0 bridgehead atoms. The van der Waals surface area contributed by atoms with E-state index in [2.05, 4.69) is 21.8 Å². The monoisotopic (exact) mass is 207 g/mol. The van der Waals surface area contributed by atoms with Crippen LogP contribution in [0.4, 0.5) is 0 Å². The average molecular weight is 207 g/mol. The van der Waals surface area contributed by atoms with Crippen molar-refractivity contribution in [2.75, 3.05) is 0 Å². The van der Waals surface area contributed by atoms with E-state index < -0.39 is 0 Å². The van der Waals surface area contributed by atoms with Crippen LogP contribution in [0.1, 0.15) is 26.2 Å². The fourth-order valence-corrected chi connectivity index (χ4v) is 1.14. The number of amides is 2. The minimum atomic E-state index is -0.306. The molecule has 0 aromatic rings. The lowest BCUT2D eigenvalue weighted by Gasteiger charge is -2.14. The van der Waals surface area contributed by atoms with Gasteiger partial charge in [0.05, 0.1) is 6.04 Å². The number of rotatable bonds is 3. The van der Waals surface area contributed by atoms with Crippen molar-refractivity contribution in [1.82, 2.24) is 10.7 Å². The summed E-state index contributed by atoms with van der Waals surface area (Å²) in [7, 11) is 0. The van der Waals surface area contributed by atoms with Crippen molar-refractivity contribution in [2.45, 2.75) is 32.2 Å². The second kappa shape index (κ2) is 5.15. The fourth-order valence-electron chi connectivity index (χ4n) is 1.14. The number of hydrogen-bond acceptors (Lipinski definition) is 3. The maximum absolute atomic E-state index is 11.5. The van der Waals surface area contributed by atoms with Gasteiger partial charge in [-0.25, -0.2) is 5.43 Å². The lowest BCUT2D eigenvalue weighted by Crippen LogP contribution is -2.41. The van der Waals surface area contributed by atoms with Crippen LogP contribution in [-0.2, 0) is 9.59 Å². The lowest BCUT2D eigenvalue weighted by atomic mass is 10.1. The summed E-state index contributed by atoms with van der Waals surface area (Å²) in [6.45, 7) is 1.88. The predicted octanol–water partition coefficient (Wildman–Crippen LogP) is -0.220. The summed E-state index contributed by atoms with van der Waals surface area (Å²) in [5, 5.41) is 6.31. The Morgan fingerprint density at radius 3 is 2.93 bits per heavy atom. The number of nitrogens with zero attached hydrogens (tertiary/aromatic N) is 1. The van der Waals surface area contributed by atoms with Gasteiger partial charge in [-0.1, -0.05) is 12.8 Å². The molecule has 0 saturated carbocycles. The van der Waals surface area contributed by atoms with Gasteiger partial charge in [0.2, 0.25) is 5.91 Å². The van der Waals surface area contributed by atoms with E-state index in [0.29, 0.717) is 25.0 Å². The smallest absolute Gasteiger partial charge is 0.268 e. The molecule has 0 fully saturated rings. The third-order valence-electron chi connectivity index (χ3n) is 2.08. The number of terminal acetylenes is 1. The van der Waals surface area contributed by atoms with Crippen LogP contribution in [0, 0.1) is 12.3 Å². The maximum atomic E-state index is 11.5. The Labute approximate surface area is 88.3 Å². The number of carbonyl (C=O) groups excluding carboxylic acids is 2. The van der Waals surface area contributed by atoms with Gasteiger partial charge in [-0.05, 0) is 6.42 Å². The first-order chi connectivity index (χ1) is 7.17. The second-order valence-corrected chi connectivity index (χ2v) is 3.19. The third kappa shape index (κ3) is 3.09. The van der Waals surface area contributed by atoms with Gasteiger partial charge >= 0.3 is 0 Å². The van der Waals surface area contributed by atoms with Crippen molar-refractivity contribution >= 4 is 17.5 Å². The molecule has 5 heteroatoms. The molecule has 1 aliphatic heterocycles. The molecule has 1 rings (SSSR count). The van der Waals surface area contributed by atoms with Crippen molar-refractivity contribution in [3.63, 3.8) is 0 Å². The topological polar surface area (TPSA) is 70.6 Å². The van der Waals surface area contributed by atoms with E-state index in [1.807, 2.05) is 6.92 Å². The van der Waals surface area contributed by atoms with Crippen molar-refractivity contribution in [3.8, 4) is 12.3 Å². The molecule has 15 heavy (non-hydrogen) atoms. The maximum Gasteiger partial charge on any atom is 0.268 e. The standard InChI is InChI=1S/C10H13N3O2/c1-3-7(4-2)11-10(15)8-5-6-9(14)13-12-8/h1,7H,4-6H2,2H3,(H,11,15)(H,13,14). The quantitative estimate of drug-likeness (QED) is 0.628. The Balaban J connectivity index is 2.55. The van der Waals surface area contributed by atoms with Crippen LogP contribution in [0.3, 0.4) is 0 Å². The molecule has 0 spiro atoms. The number of hydrogen-bond donors (Lipinski definition) is 2. The molecule has 80 valence electrons. The molecule has 1 atom stereocenters. The molecule has 5 nitrogen and oxygen atoms in total. The number of nitrogens with one attached hydrogen (secondary N) is 2. The summed E-state index contributed by atoms with van der Waals surface area (Å²) in [5.41, 5.74) is 2.58. The Hall–Kier alpha value is -1.83. The first-order valence-electron chi connectivity index (χ1n) is 4.79.